The van der Waals surface area contributed by atoms with Crippen LogP contribution in [0.4, 0.5) is 0 Å². The van der Waals surface area contributed by atoms with Gasteiger partial charge in [0.2, 0.25) is 0 Å². The molecule has 0 aliphatic heterocycles. The van der Waals surface area contributed by atoms with Crippen LogP contribution in [0.3, 0.4) is 0 Å². The fourth-order valence-electron chi connectivity index (χ4n) is 0.995. The molecule has 0 spiro atoms. The van der Waals surface area contributed by atoms with E-state index < -0.39 is 8.07 Å². The van der Waals surface area contributed by atoms with Gasteiger partial charge in [0, 0.05) is 27.9 Å². The van der Waals surface area contributed by atoms with Crippen LogP contribution in [0.5, 0.6) is 0 Å². The van der Waals surface area contributed by atoms with Crippen molar-refractivity contribution in [3.8, 4) is 0 Å². The van der Waals surface area contributed by atoms with Gasteiger partial charge in [-0.2, -0.15) is 0 Å². The lowest BCUT2D eigenvalue weighted by atomic mass is 10.6. The van der Waals surface area contributed by atoms with Gasteiger partial charge in [-0.3, -0.25) is 0 Å². The Balaban J connectivity index is 3.84. The second kappa shape index (κ2) is 7.87. The largest absolute Gasteiger partial charge is 0.361 e. The standard InChI is InChI=1S/C11H23ClN2OSi/c1-6-13-11(9-12)14(2)10-15-7-8-16(3,4)5/h6H,1,7-10H2,2-5H3. The molecular weight excluding hydrogens is 240 g/mol. The first-order valence-corrected chi connectivity index (χ1v) is 9.67. The number of halogens is 1. The van der Waals surface area contributed by atoms with Crippen molar-refractivity contribution in [3.05, 3.63) is 12.8 Å². The molecule has 0 radical (unpaired) electrons. The lowest BCUT2D eigenvalue weighted by Crippen LogP contribution is -2.31. The topological polar surface area (TPSA) is 24.8 Å². The second-order valence-electron chi connectivity index (χ2n) is 4.91. The third kappa shape index (κ3) is 7.90. The van der Waals surface area contributed by atoms with Crippen LogP contribution in [0.2, 0.25) is 25.7 Å². The van der Waals surface area contributed by atoms with Gasteiger partial charge in [-0.1, -0.05) is 26.2 Å². The van der Waals surface area contributed by atoms with Crippen LogP contribution in [-0.2, 0) is 4.74 Å². The molecule has 0 heterocycles. The Morgan fingerprint density at radius 1 is 1.50 bits per heavy atom. The normalized spacial score (nSPS) is 12.7. The van der Waals surface area contributed by atoms with Crippen molar-refractivity contribution in [1.29, 1.82) is 0 Å². The Morgan fingerprint density at radius 2 is 2.12 bits per heavy atom. The number of aliphatic imine (C=N–C) groups is 1. The monoisotopic (exact) mass is 262 g/mol. The molecule has 0 N–H and O–H groups in total. The number of rotatable bonds is 7. The van der Waals surface area contributed by atoms with Crippen LogP contribution in [0, 0.1) is 0 Å². The van der Waals surface area contributed by atoms with Crippen LogP contribution < -0.4 is 0 Å². The number of nitrogens with zero attached hydrogens (tertiary/aromatic N) is 2. The number of hydrogen-bond donors (Lipinski definition) is 0. The minimum atomic E-state index is -0.996. The van der Waals surface area contributed by atoms with E-state index in [0.717, 1.165) is 12.4 Å². The van der Waals surface area contributed by atoms with Gasteiger partial charge >= 0.3 is 0 Å². The zero-order valence-corrected chi connectivity index (χ0v) is 12.5. The smallest absolute Gasteiger partial charge is 0.121 e. The van der Waals surface area contributed by atoms with Gasteiger partial charge in [-0.15, -0.1) is 11.6 Å². The summed E-state index contributed by atoms with van der Waals surface area (Å²) in [5.41, 5.74) is 0. The van der Waals surface area contributed by atoms with E-state index in [-0.39, 0.29) is 0 Å². The van der Waals surface area contributed by atoms with Crippen LogP contribution in [-0.4, -0.2) is 45.1 Å². The Labute approximate surface area is 105 Å². The molecule has 0 atom stereocenters. The highest BCUT2D eigenvalue weighted by atomic mass is 35.5. The van der Waals surface area contributed by atoms with Gasteiger partial charge in [0.1, 0.15) is 12.6 Å². The summed E-state index contributed by atoms with van der Waals surface area (Å²) >= 11 is 5.76. The minimum Gasteiger partial charge on any atom is -0.361 e. The summed E-state index contributed by atoms with van der Waals surface area (Å²) in [5.74, 6) is 1.16. The lowest BCUT2D eigenvalue weighted by molar-refractivity contribution is 0.0848. The highest BCUT2D eigenvalue weighted by Gasteiger charge is 2.12. The first-order valence-electron chi connectivity index (χ1n) is 5.43. The molecule has 0 aliphatic rings. The molecule has 0 aliphatic carbocycles. The van der Waals surface area contributed by atoms with Gasteiger partial charge in [0.15, 0.2) is 0 Å². The van der Waals surface area contributed by atoms with E-state index in [1.807, 2.05) is 11.9 Å². The van der Waals surface area contributed by atoms with E-state index in [1.165, 1.54) is 12.2 Å². The van der Waals surface area contributed by atoms with E-state index >= 15 is 0 Å². The summed E-state index contributed by atoms with van der Waals surface area (Å²) in [4.78, 5) is 5.97. The van der Waals surface area contributed by atoms with Crippen LogP contribution in [0.25, 0.3) is 0 Å². The molecule has 3 nitrogen and oxygen atoms in total. The molecule has 16 heavy (non-hydrogen) atoms. The fourth-order valence-corrected chi connectivity index (χ4v) is 2.02. The van der Waals surface area contributed by atoms with Crippen LogP contribution in [0.15, 0.2) is 17.8 Å². The Morgan fingerprint density at radius 3 is 2.56 bits per heavy atom. The molecule has 0 fully saturated rings. The van der Waals surface area contributed by atoms with Gasteiger partial charge in [0.25, 0.3) is 0 Å². The van der Waals surface area contributed by atoms with Crippen molar-refractivity contribution >= 4 is 25.5 Å². The predicted octanol–water partition coefficient (Wildman–Crippen LogP) is 3.01. The van der Waals surface area contributed by atoms with E-state index in [9.17, 15) is 0 Å². The Bertz CT molecular complexity index is 239. The van der Waals surface area contributed by atoms with E-state index in [2.05, 4.69) is 31.2 Å². The van der Waals surface area contributed by atoms with Gasteiger partial charge in [-0.05, 0) is 6.04 Å². The van der Waals surface area contributed by atoms with Crippen molar-refractivity contribution in [2.45, 2.75) is 25.7 Å². The van der Waals surface area contributed by atoms with Crippen molar-refractivity contribution in [2.24, 2.45) is 4.99 Å². The molecule has 0 bridgehead atoms. The minimum absolute atomic E-state index is 0.375. The van der Waals surface area contributed by atoms with Gasteiger partial charge in [0.05, 0.1) is 5.88 Å². The van der Waals surface area contributed by atoms with Gasteiger partial charge < -0.3 is 9.64 Å². The van der Waals surface area contributed by atoms with Crippen molar-refractivity contribution in [3.63, 3.8) is 0 Å². The number of alkyl halides is 1. The molecule has 0 unspecified atom stereocenters. The summed E-state index contributed by atoms with van der Waals surface area (Å²) < 4.78 is 5.59. The predicted molar refractivity (Wildman–Crippen MR) is 75.1 cm³/mol. The van der Waals surface area contributed by atoms with Gasteiger partial charge in [-0.25, -0.2) is 4.99 Å². The molecule has 0 aromatic rings. The quantitative estimate of drug-likeness (QED) is 0.176. The molecule has 0 saturated heterocycles. The summed E-state index contributed by atoms with van der Waals surface area (Å²) in [7, 11) is 0.920. The second-order valence-corrected chi connectivity index (χ2v) is 10.8. The first-order chi connectivity index (χ1) is 7.40. The summed E-state index contributed by atoms with van der Waals surface area (Å²) in [6.45, 7) is 11.9. The van der Waals surface area contributed by atoms with Crippen molar-refractivity contribution in [1.82, 2.24) is 4.90 Å². The van der Waals surface area contributed by atoms with E-state index in [0.29, 0.717) is 12.6 Å². The van der Waals surface area contributed by atoms with Crippen LogP contribution >= 0.6 is 11.6 Å². The van der Waals surface area contributed by atoms with E-state index in [1.54, 1.807) is 0 Å². The number of amidine groups is 1. The Hall–Kier alpha value is -0.323. The zero-order valence-electron chi connectivity index (χ0n) is 10.8. The number of ether oxygens (including phenoxy) is 1. The molecule has 5 heteroatoms. The SMILES string of the molecule is C=CN=C(CCl)N(C)COCC[Si](C)(C)C. The number of hydrogen-bond acceptors (Lipinski definition) is 2. The molecule has 0 rings (SSSR count). The molecule has 0 aromatic carbocycles. The maximum absolute atomic E-state index is 5.76. The first kappa shape index (κ1) is 15.7. The highest BCUT2D eigenvalue weighted by molar-refractivity contribution is 6.76. The third-order valence-electron chi connectivity index (χ3n) is 2.08. The maximum atomic E-state index is 5.76. The molecule has 0 amide bonds. The Kier molecular flexibility index (Phi) is 7.71. The average Bonchev–Trinajstić information content (AvgIpc) is 2.19. The molecule has 0 aromatic heterocycles. The van der Waals surface area contributed by atoms with Crippen LogP contribution in [0.1, 0.15) is 0 Å². The fraction of sp³-hybridized carbons (Fsp3) is 0.727. The highest BCUT2D eigenvalue weighted by Crippen LogP contribution is 2.07. The maximum Gasteiger partial charge on any atom is 0.121 e. The summed E-state index contributed by atoms with van der Waals surface area (Å²) in [5, 5.41) is 0. The summed E-state index contributed by atoms with van der Waals surface area (Å²) in [6, 6.07) is 1.18. The third-order valence-corrected chi connectivity index (χ3v) is 4.02. The molecule has 94 valence electrons. The van der Waals surface area contributed by atoms with Crippen molar-refractivity contribution in [2.75, 3.05) is 26.3 Å². The zero-order chi connectivity index (χ0) is 12.6. The van der Waals surface area contributed by atoms with E-state index in [4.69, 9.17) is 16.3 Å². The lowest BCUT2D eigenvalue weighted by Gasteiger charge is -2.21. The van der Waals surface area contributed by atoms with Crippen molar-refractivity contribution < 1.29 is 4.74 Å². The summed E-state index contributed by atoms with van der Waals surface area (Å²) in [6.07, 6.45) is 1.50. The average molecular weight is 263 g/mol. The molecular formula is C11H23ClN2OSi. The molecule has 0 saturated carbocycles.